The molecular formula is C25H34N6. The lowest BCUT2D eigenvalue weighted by atomic mass is 9.95. The van der Waals surface area contributed by atoms with Crippen molar-refractivity contribution in [2.45, 2.75) is 77.3 Å². The van der Waals surface area contributed by atoms with E-state index in [9.17, 15) is 5.26 Å². The molecule has 2 fully saturated rings. The second-order valence-electron chi connectivity index (χ2n) is 8.99. The summed E-state index contributed by atoms with van der Waals surface area (Å²) in [7, 11) is 0. The minimum atomic E-state index is 0.541. The second-order valence-corrected chi connectivity index (χ2v) is 8.99. The highest BCUT2D eigenvalue weighted by Gasteiger charge is 2.26. The number of aromatic nitrogens is 2. The van der Waals surface area contributed by atoms with Crippen LogP contribution in [0, 0.1) is 18.3 Å². The van der Waals surface area contributed by atoms with E-state index in [1.165, 1.54) is 32.1 Å². The summed E-state index contributed by atoms with van der Waals surface area (Å²) < 4.78 is 0. The van der Waals surface area contributed by atoms with Gasteiger partial charge in [0.25, 0.3) is 0 Å². The number of benzene rings is 1. The summed E-state index contributed by atoms with van der Waals surface area (Å²) in [5.74, 6) is 1.61. The Hall–Kier alpha value is -2.65. The minimum absolute atomic E-state index is 0.541. The maximum atomic E-state index is 9.33. The van der Waals surface area contributed by atoms with Gasteiger partial charge in [-0.1, -0.05) is 38.7 Å². The van der Waals surface area contributed by atoms with Crippen molar-refractivity contribution < 1.29 is 0 Å². The fourth-order valence-corrected chi connectivity index (χ4v) is 4.74. The van der Waals surface area contributed by atoms with Gasteiger partial charge in [-0.15, -0.1) is 0 Å². The van der Waals surface area contributed by atoms with Gasteiger partial charge in [-0.05, 0) is 50.3 Å². The third-order valence-electron chi connectivity index (χ3n) is 6.47. The van der Waals surface area contributed by atoms with Gasteiger partial charge < -0.3 is 15.5 Å². The van der Waals surface area contributed by atoms with Crippen LogP contribution in [0.25, 0.3) is 0 Å². The first-order chi connectivity index (χ1) is 15.1. The summed E-state index contributed by atoms with van der Waals surface area (Å²) >= 11 is 0. The van der Waals surface area contributed by atoms with Gasteiger partial charge in [-0.3, -0.25) is 0 Å². The zero-order chi connectivity index (χ0) is 21.6. The molecule has 4 rings (SSSR count). The number of nitrogens with zero attached hydrogens (tertiary/aromatic N) is 4. The first-order valence-corrected chi connectivity index (χ1v) is 11.8. The van der Waals surface area contributed by atoms with Gasteiger partial charge >= 0.3 is 0 Å². The maximum absolute atomic E-state index is 9.33. The average molecular weight is 419 g/mol. The Morgan fingerprint density at radius 2 is 1.94 bits per heavy atom. The molecule has 1 aliphatic carbocycles. The molecule has 1 saturated heterocycles. The van der Waals surface area contributed by atoms with E-state index < -0.39 is 0 Å². The van der Waals surface area contributed by atoms with E-state index >= 15 is 0 Å². The molecule has 1 saturated carbocycles. The minimum Gasteiger partial charge on any atom is -0.355 e. The summed E-state index contributed by atoms with van der Waals surface area (Å²) in [5.41, 5.74) is 3.56. The molecule has 1 aliphatic heterocycles. The number of hydrogen-bond acceptors (Lipinski definition) is 6. The van der Waals surface area contributed by atoms with Gasteiger partial charge in [0.05, 0.1) is 11.6 Å². The first-order valence-electron chi connectivity index (χ1n) is 11.8. The van der Waals surface area contributed by atoms with Gasteiger partial charge in [0.2, 0.25) is 5.95 Å². The fourth-order valence-electron chi connectivity index (χ4n) is 4.74. The summed E-state index contributed by atoms with van der Waals surface area (Å²) in [4.78, 5) is 12.0. The summed E-state index contributed by atoms with van der Waals surface area (Å²) in [6.45, 7) is 6.15. The lowest BCUT2D eigenvalue weighted by Crippen LogP contribution is -2.41. The number of nitrogens with one attached hydrogen (secondary N) is 2. The molecule has 2 heterocycles. The molecule has 0 radical (unpaired) electrons. The van der Waals surface area contributed by atoms with Crippen molar-refractivity contribution in [3.05, 3.63) is 41.1 Å². The zero-order valence-corrected chi connectivity index (χ0v) is 18.8. The maximum Gasteiger partial charge on any atom is 0.229 e. The molecule has 31 heavy (non-hydrogen) atoms. The molecule has 1 atom stereocenters. The van der Waals surface area contributed by atoms with Crippen LogP contribution in [0.4, 0.5) is 17.5 Å². The Morgan fingerprint density at radius 1 is 1.10 bits per heavy atom. The lowest BCUT2D eigenvalue weighted by molar-refractivity contribution is 0.344. The van der Waals surface area contributed by atoms with Crippen LogP contribution in [0.15, 0.2) is 24.3 Å². The van der Waals surface area contributed by atoms with Crippen LogP contribution in [0.3, 0.4) is 0 Å². The molecule has 1 aromatic heterocycles. The fraction of sp³-hybridized carbons (Fsp3) is 0.560. The molecule has 1 unspecified atom stereocenters. The highest BCUT2D eigenvalue weighted by atomic mass is 15.3. The molecule has 0 bridgehead atoms. The topological polar surface area (TPSA) is 76.9 Å². The van der Waals surface area contributed by atoms with Crippen molar-refractivity contribution >= 4 is 17.5 Å². The predicted molar refractivity (Wildman–Crippen MR) is 126 cm³/mol. The van der Waals surface area contributed by atoms with Crippen LogP contribution in [-0.4, -0.2) is 35.1 Å². The van der Waals surface area contributed by atoms with Crippen LogP contribution in [-0.2, 0) is 6.42 Å². The molecule has 6 heteroatoms. The Labute approximate surface area is 186 Å². The van der Waals surface area contributed by atoms with E-state index in [2.05, 4.69) is 34.6 Å². The highest BCUT2D eigenvalue weighted by Crippen LogP contribution is 2.25. The van der Waals surface area contributed by atoms with Crippen LogP contribution in [0.2, 0.25) is 0 Å². The number of rotatable bonds is 7. The van der Waals surface area contributed by atoms with Crippen LogP contribution >= 0.6 is 0 Å². The number of anilines is 3. The third kappa shape index (κ3) is 5.54. The number of hydrogen-bond donors (Lipinski definition) is 2. The second kappa shape index (κ2) is 10.1. The Kier molecular flexibility index (Phi) is 7.03. The van der Waals surface area contributed by atoms with E-state index in [0.29, 0.717) is 23.6 Å². The summed E-state index contributed by atoms with van der Waals surface area (Å²) in [5, 5.41) is 16.6. The summed E-state index contributed by atoms with van der Waals surface area (Å²) in [6, 6.07) is 11.4. The SMILES string of the molecule is CCCc1cc(N2CCC(NC3CCCCC3)C2)nc(Nc2ccc(C)c(C#N)c2)n1. The normalized spacial score (nSPS) is 19.4. The standard InChI is InChI=1S/C25H34N6/c1-3-7-21-15-24(31-13-12-23(17-31)27-20-8-5-4-6-9-20)30-25(28-21)29-22-11-10-18(2)19(14-22)16-26/h10-11,14-15,20,23,27H,3-9,12-13,17H2,1-2H3,(H,28,29,30). The Morgan fingerprint density at radius 3 is 2.71 bits per heavy atom. The van der Waals surface area contributed by atoms with Gasteiger partial charge in [0.1, 0.15) is 5.82 Å². The number of nitriles is 1. The molecule has 2 N–H and O–H groups in total. The van der Waals surface area contributed by atoms with Crippen LogP contribution in [0.5, 0.6) is 0 Å². The van der Waals surface area contributed by atoms with E-state index in [0.717, 1.165) is 55.1 Å². The van der Waals surface area contributed by atoms with Gasteiger partial charge in [0.15, 0.2) is 0 Å². The molecule has 0 amide bonds. The average Bonchev–Trinajstić information content (AvgIpc) is 3.24. The lowest BCUT2D eigenvalue weighted by Gasteiger charge is -2.26. The van der Waals surface area contributed by atoms with Crippen molar-refractivity contribution in [3.63, 3.8) is 0 Å². The molecule has 0 spiro atoms. The van der Waals surface area contributed by atoms with E-state index in [4.69, 9.17) is 9.97 Å². The molecule has 1 aromatic carbocycles. The van der Waals surface area contributed by atoms with E-state index in [1.807, 2.05) is 25.1 Å². The number of aryl methyl sites for hydroxylation is 2. The van der Waals surface area contributed by atoms with Crippen molar-refractivity contribution in [2.24, 2.45) is 0 Å². The Bertz CT molecular complexity index is 928. The Balaban J connectivity index is 1.48. The predicted octanol–water partition coefficient (Wildman–Crippen LogP) is 4.85. The third-order valence-corrected chi connectivity index (χ3v) is 6.47. The largest absolute Gasteiger partial charge is 0.355 e. The zero-order valence-electron chi connectivity index (χ0n) is 18.8. The van der Waals surface area contributed by atoms with E-state index in [-0.39, 0.29) is 0 Å². The van der Waals surface area contributed by atoms with Crippen molar-refractivity contribution in [3.8, 4) is 6.07 Å². The van der Waals surface area contributed by atoms with Crippen LogP contribution in [0.1, 0.15) is 68.7 Å². The van der Waals surface area contributed by atoms with Gasteiger partial charge in [-0.25, -0.2) is 4.98 Å². The smallest absolute Gasteiger partial charge is 0.229 e. The molecular weight excluding hydrogens is 384 g/mol. The molecule has 2 aromatic rings. The highest BCUT2D eigenvalue weighted by molar-refractivity contribution is 5.59. The monoisotopic (exact) mass is 418 g/mol. The van der Waals surface area contributed by atoms with Crippen molar-refractivity contribution in [2.75, 3.05) is 23.3 Å². The van der Waals surface area contributed by atoms with Gasteiger partial charge in [0, 0.05) is 42.6 Å². The van der Waals surface area contributed by atoms with Crippen molar-refractivity contribution in [1.82, 2.24) is 15.3 Å². The summed E-state index contributed by atoms with van der Waals surface area (Å²) in [6.07, 6.45) is 9.90. The molecule has 6 nitrogen and oxygen atoms in total. The molecule has 2 aliphatic rings. The van der Waals surface area contributed by atoms with E-state index in [1.54, 1.807) is 0 Å². The quantitative estimate of drug-likeness (QED) is 0.669. The first kappa shape index (κ1) is 21.6. The molecule has 164 valence electrons. The van der Waals surface area contributed by atoms with Gasteiger partial charge in [-0.2, -0.15) is 10.2 Å². The van der Waals surface area contributed by atoms with Crippen LogP contribution < -0.4 is 15.5 Å². The van der Waals surface area contributed by atoms with Crippen molar-refractivity contribution in [1.29, 1.82) is 5.26 Å².